The number of nitro groups is 1. The first-order chi connectivity index (χ1) is 13.5. The lowest BCUT2D eigenvalue weighted by atomic mass is 9.99. The summed E-state index contributed by atoms with van der Waals surface area (Å²) in [5, 5.41) is 16.2. The number of benzene rings is 3. The van der Waals surface area contributed by atoms with Gasteiger partial charge in [-0.3, -0.25) is 15.5 Å². The third-order valence-electron chi connectivity index (χ3n) is 4.38. The molecule has 1 aliphatic heterocycles. The predicted molar refractivity (Wildman–Crippen MR) is 111 cm³/mol. The van der Waals surface area contributed by atoms with Crippen molar-refractivity contribution in [2.45, 2.75) is 6.92 Å². The highest BCUT2D eigenvalue weighted by Gasteiger charge is 2.18. The Kier molecular flexibility index (Phi) is 4.63. The summed E-state index contributed by atoms with van der Waals surface area (Å²) < 4.78 is 0. The first kappa shape index (κ1) is 17.9. The van der Waals surface area contributed by atoms with Gasteiger partial charge in [-0.25, -0.2) is 4.99 Å². The third kappa shape index (κ3) is 3.50. The standard InChI is InChI=1S/C21H15ClN4O2/c1-13-2-11-19-18(12-13)20(14-5-9-17(10-6-14)26(27)28)24-25-21(23-19)15-3-7-16(22)8-4-15/h2-12H,1H3,(H,23,25). The van der Waals surface area contributed by atoms with Crippen LogP contribution in [0.1, 0.15) is 22.3 Å². The van der Waals surface area contributed by atoms with Gasteiger partial charge in [0.05, 0.1) is 16.3 Å². The minimum Gasteiger partial charge on any atom is -0.260 e. The molecule has 0 aliphatic carbocycles. The topological polar surface area (TPSA) is 79.9 Å². The maximum absolute atomic E-state index is 10.9. The number of nitro benzene ring substituents is 1. The quantitative estimate of drug-likeness (QED) is 0.505. The molecule has 0 saturated heterocycles. The maximum atomic E-state index is 10.9. The normalized spacial score (nSPS) is 12.9. The zero-order chi connectivity index (χ0) is 19.7. The van der Waals surface area contributed by atoms with E-state index in [4.69, 9.17) is 16.6 Å². The second-order valence-corrected chi connectivity index (χ2v) is 6.80. The minimum absolute atomic E-state index is 0.0356. The molecule has 0 saturated carbocycles. The van der Waals surface area contributed by atoms with E-state index < -0.39 is 4.92 Å². The molecule has 0 bridgehead atoms. The van der Waals surface area contributed by atoms with Gasteiger partial charge in [0.25, 0.3) is 5.69 Å². The van der Waals surface area contributed by atoms with Crippen molar-refractivity contribution in [2.75, 3.05) is 0 Å². The highest BCUT2D eigenvalue weighted by Crippen LogP contribution is 2.27. The Morgan fingerprint density at radius 3 is 2.32 bits per heavy atom. The highest BCUT2D eigenvalue weighted by molar-refractivity contribution is 6.30. The Labute approximate surface area is 166 Å². The van der Waals surface area contributed by atoms with Crippen LogP contribution in [0.25, 0.3) is 0 Å². The highest BCUT2D eigenvalue weighted by atomic mass is 35.5. The molecule has 4 rings (SSSR count). The van der Waals surface area contributed by atoms with Gasteiger partial charge in [0.2, 0.25) is 0 Å². The van der Waals surface area contributed by atoms with Crippen molar-refractivity contribution in [3.8, 4) is 0 Å². The molecular formula is C21H15ClN4O2. The lowest BCUT2D eigenvalue weighted by Gasteiger charge is -2.08. The molecule has 0 spiro atoms. The molecule has 1 heterocycles. The van der Waals surface area contributed by atoms with Crippen LogP contribution in [-0.2, 0) is 0 Å². The monoisotopic (exact) mass is 390 g/mol. The summed E-state index contributed by atoms with van der Waals surface area (Å²) in [5.74, 6) is 0.596. The van der Waals surface area contributed by atoms with Crippen molar-refractivity contribution in [3.63, 3.8) is 0 Å². The van der Waals surface area contributed by atoms with E-state index >= 15 is 0 Å². The second-order valence-electron chi connectivity index (χ2n) is 6.36. The zero-order valence-electron chi connectivity index (χ0n) is 14.9. The van der Waals surface area contributed by atoms with Gasteiger partial charge < -0.3 is 0 Å². The Balaban J connectivity index is 1.82. The van der Waals surface area contributed by atoms with Gasteiger partial charge >= 0.3 is 0 Å². The van der Waals surface area contributed by atoms with E-state index in [-0.39, 0.29) is 5.69 Å². The first-order valence-electron chi connectivity index (χ1n) is 8.55. The fourth-order valence-electron chi connectivity index (χ4n) is 2.95. The molecule has 3 aromatic carbocycles. The van der Waals surface area contributed by atoms with Crippen LogP contribution < -0.4 is 5.43 Å². The Bertz CT molecular complexity index is 1120. The number of rotatable bonds is 3. The van der Waals surface area contributed by atoms with Crippen LogP contribution in [0.2, 0.25) is 5.02 Å². The summed E-state index contributed by atoms with van der Waals surface area (Å²) >= 11 is 5.98. The Morgan fingerprint density at radius 2 is 1.64 bits per heavy atom. The lowest BCUT2D eigenvalue weighted by Crippen LogP contribution is -2.19. The number of hydrazone groups is 1. The number of fused-ring (bicyclic) bond motifs is 1. The van der Waals surface area contributed by atoms with Crippen molar-refractivity contribution in [3.05, 3.63) is 104 Å². The minimum atomic E-state index is -0.420. The Hall–Kier alpha value is -3.51. The zero-order valence-corrected chi connectivity index (χ0v) is 15.6. The van der Waals surface area contributed by atoms with Gasteiger partial charge in [0.15, 0.2) is 5.84 Å². The molecule has 6 nitrogen and oxygen atoms in total. The summed E-state index contributed by atoms with van der Waals surface area (Å²) in [6, 6.07) is 19.6. The number of halogens is 1. The number of hydrogen-bond acceptors (Lipinski definition) is 5. The summed E-state index contributed by atoms with van der Waals surface area (Å²) in [7, 11) is 0. The average Bonchev–Trinajstić information content (AvgIpc) is 2.88. The third-order valence-corrected chi connectivity index (χ3v) is 4.63. The van der Waals surface area contributed by atoms with Crippen LogP contribution >= 0.6 is 11.6 Å². The summed E-state index contributed by atoms with van der Waals surface area (Å²) in [5.41, 5.74) is 8.03. The molecule has 0 fully saturated rings. The molecule has 1 N–H and O–H groups in total. The van der Waals surface area contributed by atoms with Gasteiger partial charge in [-0.1, -0.05) is 23.2 Å². The molecule has 28 heavy (non-hydrogen) atoms. The van der Waals surface area contributed by atoms with Gasteiger partial charge in [-0.15, -0.1) is 0 Å². The van der Waals surface area contributed by atoms with E-state index in [2.05, 4.69) is 10.5 Å². The molecule has 0 atom stereocenters. The fourth-order valence-corrected chi connectivity index (χ4v) is 3.08. The number of aliphatic imine (C=N–C) groups is 1. The number of aryl methyl sites for hydroxylation is 1. The first-order valence-corrected chi connectivity index (χ1v) is 8.93. The average molecular weight is 391 g/mol. The van der Waals surface area contributed by atoms with E-state index in [0.29, 0.717) is 16.6 Å². The van der Waals surface area contributed by atoms with Crippen LogP contribution in [0.5, 0.6) is 0 Å². The molecule has 3 aromatic rings. The van der Waals surface area contributed by atoms with Crippen LogP contribution in [-0.4, -0.2) is 16.5 Å². The van der Waals surface area contributed by atoms with Crippen molar-refractivity contribution in [2.24, 2.45) is 10.1 Å². The van der Waals surface area contributed by atoms with Gasteiger partial charge in [0.1, 0.15) is 0 Å². The summed E-state index contributed by atoms with van der Waals surface area (Å²) in [6.07, 6.45) is 0. The SMILES string of the molecule is Cc1ccc2c(c1)C(c1ccc([N+](=O)[O-])cc1)=NNC(c1ccc(Cl)cc1)=N2. The molecule has 0 aromatic heterocycles. The van der Waals surface area contributed by atoms with Crippen LogP contribution in [0, 0.1) is 17.0 Å². The molecule has 1 aliphatic rings. The number of non-ortho nitro benzene ring substituents is 1. The van der Waals surface area contributed by atoms with Crippen LogP contribution in [0.15, 0.2) is 76.8 Å². The largest absolute Gasteiger partial charge is 0.269 e. The molecule has 0 unspecified atom stereocenters. The van der Waals surface area contributed by atoms with Crippen molar-refractivity contribution < 1.29 is 4.92 Å². The molecule has 7 heteroatoms. The number of nitrogens with one attached hydrogen (secondary N) is 1. The maximum Gasteiger partial charge on any atom is 0.269 e. The lowest BCUT2D eigenvalue weighted by molar-refractivity contribution is -0.384. The molecule has 0 radical (unpaired) electrons. The number of hydrogen-bond donors (Lipinski definition) is 1. The van der Waals surface area contributed by atoms with E-state index in [1.54, 1.807) is 24.3 Å². The van der Waals surface area contributed by atoms with Gasteiger partial charge in [0, 0.05) is 33.8 Å². The number of nitrogens with zero attached hydrogens (tertiary/aromatic N) is 3. The van der Waals surface area contributed by atoms with E-state index in [9.17, 15) is 10.1 Å². The molecule has 0 amide bonds. The smallest absolute Gasteiger partial charge is 0.260 e. The fraction of sp³-hybridized carbons (Fsp3) is 0.0476. The second kappa shape index (κ2) is 7.25. The van der Waals surface area contributed by atoms with E-state index in [1.807, 2.05) is 37.3 Å². The summed E-state index contributed by atoms with van der Waals surface area (Å²) in [4.78, 5) is 15.3. The Morgan fingerprint density at radius 1 is 0.964 bits per heavy atom. The van der Waals surface area contributed by atoms with Gasteiger partial charge in [-0.05, 0) is 55.5 Å². The van der Waals surface area contributed by atoms with Crippen molar-refractivity contribution in [1.82, 2.24) is 5.43 Å². The predicted octanol–water partition coefficient (Wildman–Crippen LogP) is 4.99. The van der Waals surface area contributed by atoms with Crippen molar-refractivity contribution in [1.29, 1.82) is 0 Å². The summed E-state index contributed by atoms with van der Waals surface area (Å²) in [6.45, 7) is 2.00. The van der Waals surface area contributed by atoms with Crippen LogP contribution in [0.3, 0.4) is 0 Å². The van der Waals surface area contributed by atoms with E-state index in [1.165, 1.54) is 12.1 Å². The molecule has 138 valence electrons. The van der Waals surface area contributed by atoms with Gasteiger partial charge in [-0.2, -0.15) is 5.10 Å². The van der Waals surface area contributed by atoms with E-state index in [0.717, 1.165) is 27.9 Å². The van der Waals surface area contributed by atoms with Crippen LogP contribution in [0.4, 0.5) is 11.4 Å². The number of amidine groups is 1. The van der Waals surface area contributed by atoms with Crippen molar-refractivity contribution >= 4 is 34.5 Å². The molecular weight excluding hydrogens is 376 g/mol.